The fourth-order valence-electron chi connectivity index (χ4n) is 3.05. The molecule has 4 rings (SSSR count). The number of rotatable bonds is 3. The lowest BCUT2D eigenvalue weighted by molar-refractivity contribution is -0.124. The van der Waals surface area contributed by atoms with Gasteiger partial charge in [-0.05, 0) is 62.1 Å². The molecule has 1 aliphatic rings. The van der Waals surface area contributed by atoms with Gasteiger partial charge in [0.05, 0.1) is 0 Å². The second-order valence-corrected chi connectivity index (χ2v) is 6.51. The third-order valence-corrected chi connectivity index (χ3v) is 4.51. The first-order valence-corrected chi connectivity index (χ1v) is 8.51. The lowest BCUT2D eigenvalue weighted by atomic mass is 10.1. The highest BCUT2D eigenvalue weighted by Gasteiger charge is 2.24. The SMILES string of the molecule is Cc1ccc2oc(-c3ccc(C)c(NC(=O)C4CCCO4)c3)nc2c1. The molecule has 0 saturated carbocycles. The molecule has 1 unspecified atom stereocenters. The second-order valence-electron chi connectivity index (χ2n) is 6.51. The van der Waals surface area contributed by atoms with Crippen LogP contribution in [0.1, 0.15) is 24.0 Å². The van der Waals surface area contributed by atoms with Gasteiger partial charge in [-0.1, -0.05) is 12.1 Å². The van der Waals surface area contributed by atoms with Crippen LogP contribution in [0.15, 0.2) is 40.8 Å². The van der Waals surface area contributed by atoms with E-state index in [4.69, 9.17) is 9.15 Å². The monoisotopic (exact) mass is 336 g/mol. The van der Waals surface area contributed by atoms with E-state index in [0.717, 1.165) is 46.3 Å². The summed E-state index contributed by atoms with van der Waals surface area (Å²) in [6.45, 7) is 4.64. The molecule has 1 aromatic heterocycles. The van der Waals surface area contributed by atoms with Crippen LogP contribution in [0, 0.1) is 13.8 Å². The summed E-state index contributed by atoms with van der Waals surface area (Å²) in [5.74, 6) is 0.458. The van der Waals surface area contributed by atoms with E-state index >= 15 is 0 Å². The number of benzene rings is 2. The van der Waals surface area contributed by atoms with E-state index in [9.17, 15) is 4.79 Å². The Hall–Kier alpha value is -2.66. The predicted octanol–water partition coefficient (Wildman–Crippen LogP) is 4.23. The number of hydrogen-bond donors (Lipinski definition) is 1. The van der Waals surface area contributed by atoms with Crippen molar-refractivity contribution in [1.29, 1.82) is 0 Å². The van der Waals surface area contributed by atoms with Crippen LogP contribution in [0.4, 0.5) is 5.69 Å². The molecule has 1 N–H and O–H groups in total. The fourth-order valence-corrected chi connectivity index (χ4v) is 3.05. The molecule has 1 amide bonds. The summed E-state index contributed by atoms with van der Waals surface area (Å²) in [5.41, 5.74) is 5.31. The molecule has 0 aliphatic carbocycles. The number of carbonyl (C=O) groups excluding carboxylic acids is 1. The van der Waals surface area contributed by atoms with Crippen molar-refractivity contribution >= 4 is 22.7 Å². The molecule has 1 fully saturated rings. The molecule has 5 nitrogen and oxygen atoms in total. The van der Waals surface area contributed by atoms with Crippen molar-refractivity contribution in [2.45, 2.75) is 32.8 Å². The van der Waals surface area contributed by atoms with Crippen LogP contribution in [0.2, 0.25) is 0 Å². The summed E-state index contributed by atoms with van der Waals surface area (Å²) in [4.78, 5) is 16.9. The van der Waals surface area contributed by atoms with Crippen LogP contribution in [-0.4, -0.2) is 23.6 Å². The normalized spacial score (nSPS) is 17.1. The number of hydrogen-bond acceptors (Lipinski definition) is 4. The Morgan fingerprint density at radius 1 is 1.20 bits per heavy atom. The van der Waals surface area contributed by atoms with Gasteiger partial charge in [0.25, 0.3) is 5.91 Å². The Kier molecular flexibility index (Phi) is 4.01. The Bertz CT molecular complexity index is 939. The highest BCUT2D eigenvalue weighted by Crippen LogP contribution is 2.28. The average molecular weight is 336 g/mol. The van der Waals surface area contributed by atoms with Gasteiger partial charge in [0.2, 0.25) is 5.89 Å². The molecule has 2 heterocycles. The largest absolute Gasteiger partial charge is 0.436 e. The van der Waals surface area contributed by atoms with E-state index in [0.29, 0.717) is 12.5 Å². The number of aromatic nitrogens is 1. The first-order valence-electron chi connectivity index (χ1n) is 8.51. The van der Waals surface area contributed by atoms with Crippen LogP contribution in [0.25, 0.3) is 22.6 Å². The highest BCUT2D eigenvalue weighted by molar-refractivity contribution is 5.95. The topological polar surface area (TPSA) is 64.4 Å². The standard InChI is InChI=1S/C20H20N2O3/c1-12-5-8-17-16(10-12)22-20(25-17)14-7-6-13(2)15(11-14)21-19(23)18-4-3-9-24-18/h5-8,10-11,18H,3-4,9H2,1-2H3,(H,21,23). The van der Waals surface area contributed by atoms with Crippen LogP contribution in [0.5, 0.6) is 0 Å². The molecular formula is C20H20N2O3. The Labute approximate surface area is 146 Å². The Morgan fingerprint density at radius 3 is 2.88 bits per heavy atom. The summed E-state index contributed by atoms with van der Waals surface area (Å²) >= 11 is 0. The van der Waals surface area contributed by atoms with E-state index in [1.165, 1.54) is 0 Å². The number of anilines is 1. The maximum atomic E-state index is 12.3. The predicted molar refractivity (Wildman–Crippen MR) is 96.5 cm³/mol. The van der Waals surface area contributed by atoms with Gasteiger partial charge in [0.1, 0.15) is 11.6 Å². The molecule has 1 atom stereocenters. The van der Waals surface area contributed by atoms with Crippen molar-refractivity contribution in [2.24, 2.45) is 0 Å². The quantitative estimate of drug-likeness (QED) is 0.777. The minimum atomic E-state index is -0.352. The van der Waals surface area contributed by atoms with Gasteiger partial charge in [-0.15, -0.1) is 0 Å². The Balaban J connectivity index is 1.64. The minimum absolute atomic E-state index is 0.0917. The molecule has 5 heteroatoms. The molecule has 2 aromatic carbocycles. The molecule has 3 aromatic rings. The van der Waals surface area contributed by atoms with Crippen molar-refractivity contribution in [2.75, 3.05) is 11.9 Å². The molecule has 0 bridgehead atoms. The molecule has 1 saturated heterocycles. The number of nitrogens with zero attached hydrogens (tertiary/aromatic N) is 1. The zero-order chi connectivity index (χ0) is 17.4. The summed E-state index contributed by atoms with van der Waals surface area (Å²) in [7, 11) is 0. The fraction of sp³-hybridized carbons (Fsp3) is 0.300. The van der Waals surface area contributed by atoms with Gasteiger partial charge >= 0.3 is 0 Å². The number of carbonyl (C=O) groups is 1. The third-order valence-electron chi connectivity index (χ3n) is 4.51. The highest BCUT2D eigenvalue weighted by atomic mass is 16.5. The lowest BCUT2D eigenvalue weighted by Crippen LogP contribution is -2.27. The Morgan fingerprint density at radius 2 is 2.08 bits per heavy atom. The van der Waals surface area contributed by atoms with Gasteiger partial charge in [-0.3, -0.25) is 4.79 Å². The number of aryl methyl sites for hydroxylation is 2. The molecule has 25 heavy (non-hydrogen) atoms. The maximum Gasteiger partial charge on any atom is 0.253 e. The summed E-state index contributed by atoms with van der Waals surface area (Å²) in [6, 6.07) is 11.7. The average Bonchev–Trinajstić information content (AvgIpc) is 3.25. The zero-order valence-corrected chi connectivity index (χ0v) is 14.3. The zero-order valence-electron chi connectivity index (χ0n) is 14.3. The van der Waals surface area contributed by atoms with Crippen molar-refractivity contribution in [3.05, 3.63) is 47.5 Å². The number of amides is 1. The van der Waals surface area contributed by atoms with E-state index in [1.54, 1.807) is 0 Å². The van der Waals surface area contributed by atoms with Crippen molar-refractivity contribution in [3.8, 4) is 11.5 Å². The number of ether oxygens (including phenoxy) is 1. The van der Waals surface area contributed by atoms with E-state index < -0.39 is 0 Å². The number of oxazole rings is 1. The van der Waals surface area contributed by atoms with Crippen LogP contribution >= 0.6 is 0 Å². The summed E-state index contributed by atoms with van der Waals surface area (Å²) in [6.07, 6.45) is 1.35. The second kappa shape index (κ2) is 6.33. The maximum absolute atomic E-state index is 12.3. The number of fused-ring (bicyclic) bond motifs is 1. The molecule has 0 radical (unpaired) electrons. The molecule has 1 aliphatic heterocycles. The van der Waals surface area contributed by atoms with Crippen molar-refractivity contribution < 1.29 is 13.9 Å². The lowest BCUT2D eigenvalue weighted by Gasteiger charge is -2.13. The van der Waals surface area contributed by atoms with E-state index in [1.807, 2.05) is 50.2 Å². The molecular weight excluding hydrogens is 316 g/mol. The van der Waals surface area contributed by atoms with E-state index in [2.05, 4.69) is 10.3 Å². The molecule has 0 spiro atoms. The smallest absolute Gasteiger partial charge is 0.253 e. The first kappa shape index (κ1) is 15.8. The first-order chi connectivity index (χ1) is 12.1. The van der Waals surface area contributed by atoms with Crippen molar-refractivity contribution in [1.82, 2.24) is 4.98 Å². The van der Waals surface area contributed by atoms with Crippen LogP contribution < -0.4 is 5.32 Å². The number of nitrogens with one attached hydrogen (secondary N) is 1. The van der Waals surface area contributed by atoms with Gasteiger partial charge in [-0.2, -0.15) is 0 Å². The van der Waals surface area contributed by atoms with Crippen molar-refractivity contribution in [3.63, 3.8) is 0 Å². The summed E-state index contributed by atoms with van der Waals surface area (Å²) in [5, 5.41) is 2.97. The third kappa shape index (κ3) is 3.15. The molecule has 128 valence electrons. The van der Waals surface area contributed by atoms with E-state index in [-0.39, 0.29) is 12.0 Å². The van der Waals surface area contributed by atoms with Gasteiger partial charge in [0, 0.05) is 17.9 Å². The van der Waals surface area contributed by atoms with Gasteiger partial charge in [0.15, 0.2) is 5.58 Å². The van der Waals surface area contributed by atoms with Gasteiger partial charge < -0.3 is 14.5 Å². The van der Waals surface area contributed by atoms with Crippen LogP contribution in [0.3, 0.4) is 0 Å². The summed E-state index contributed by atoms with van der Waals surface area (Å²) < 4.78 is 11.3. The van der Waals surface area contributed by atoms with Crippen LogP contribution in [-0.2, 0) is 9.53 Å². The van der Waals surface area contributed by atoms with Gasteiger partial charge in [-0.25, -0.2) is 4.98 Å². The minimum Gasteiger partial charge on any atom is -0.436 e.